The van der Waals surface area contributed by atoms with Crippen LogP contribution in [0.3, 0.4) is 0 Å². The molecule has 0 bridgehead atoms. The van der Waals surface area contributed by atoms with Crippen LogP contribution >= 0.6 is 0 Å². The molecule has 0 aliphatic carbocycles. The van der Waals surface area contributed by atoms with E-state index < -0.39 is 0 Å². The Morgan fingerprint density at radius 2 is 1.35 bits per heavy atom. The Morgan fingerprint density at radius 3 is 1.78 bits per heavy atom. The maximum absolute atomic E-state index is 2.83. The van der Waals surface area contributed by atoms with Crippen LogP contribution in [0.25, 0.3) is 0 Å². The predicted octanol–water partition coefficient (Wildman–Crippen LogP) is -0.137. The summed E-state index contributed by atoms with van der Waals surface area (Å²) >= 11 is 0. The fraction of sp³-hybridized carbons (Fsp3) is 0.882. The molecule has 23 heavy (non-hydrogen) atoms. The number of rotatable bonds is 7. The summed E-state index contributed by atoms with van der Waals surface area (Å²) in [6.07, 6.45) is 2.34. The molecule has 134 valence electrons. The zero-order valence-corrected chi connectivity index (χ0v) is 18.8. The molecule has 0 aromatic rings. The molecule has 0 unspecified atom stereocenters. The second-order valence-electron chi connectivity index (χ2n) is 7.54. The van der Waals surface area contributed by atoms with E-state index in [4.69, 9.17) is 0 Å². The molecule has 2 fully saturated rings. The van der Waals surface area contributed by atoms with Crippen molar-refractivity contribution < 1.29 is 0 Å². The lowest BCUT2D eigenvalue weighted by Crippen LogP contribution is -2.61. The zero-order valence-electron chi connectivity index (χ0n) is 15.9. The van der Waals surface area contributed by atoms with Crippen molar-refractivity contribution in [1.82, 2.24) is 19.6 Å². The Hall–Kier alpha value is 0.0138. The molecular formula is C17H38N4Si2. The van der Waals surface area contributed by atoms with Crippen LogP contribution in [0.4, 0.5) is 0 Å². The Bertz CT molecular complexity index is 340. The van der Waals surface area contributed by atoms with Crippen LogP contribution in [-0.4, -0.2) is 111 Å². The third kappa shape index (κ3) is 6.44. The molecule has 0 amide bonds. The Kier molecular flexibility index (Phi) is 8.50. The molecule has 0 aromatic heterocycles. The van der Waals surface area contributed by atoms with Gasteiger partial charge in [0.2, 0.25) is 0 Å². The van der Waals surface area contributed by atoms with E-state index in [1.165, 1.54) is 52.4 Å². The summed E-state index contributed by atoms with van der Waals surface area (Å²) in [5.41, 5.74) is 0. The summed E-state index contributed by atoms with van der Waals surface area (Å²) in [7, 11) is 4.57. The first-order valence-electron chi connectivity index (χ1n) is 9.57. The first kappa shape index (κ1) is 19.3. The highest BCUT2D eigenvalue weighted by molar-refractivity contribution is 6.48. The first-order chi connectivity index (χ1) is 11.1. The van der Waals surface area contributed by atoms with Crippen LogP contribution in [0.1, 0.15) is 13.8 Å². The molecule has 2 aliphatic rings. The van der Waals surface area contributed by atoms with Gasteiger partial charge in [-0.15, -0.1) is 0 Å². The number of nitrogens with zero attached hydrogens (tertiary/aromatic N) is 4. The average molecular weight is 355 g/mol. The molecule has 2 saturated heterocycles. The van der Waals surface area contributed by atoms with Crippen LogP contribution in [0, 0.1) is 0 Å². The van der Waals surface area contributed by atoms with Gasteiger partial charge in [-0.2, -0.15) is 0 Å². The van der Waals surface area contributed by atoms with Crippen LogP contribution in [-0.2, 0) is 0 Å². The molecule has 2 aliphatic heterocycles. The summed E-state index contributed by atoms with van der Waals surface area (Å²) < 4.78 is 0. The third-order valence-electron chi connectivity index (χ3n) is 5.69. The highest BCUT2D eigenvalue weighted by Crippen LogP contribution is 2.14. The summed E-state index contributed by atoms with van der Waals surface area (Å²) in [4.78, 5) is 10.6. The van der Waals surface area contributed by atoms with Gasteiger partial charge in [0.1, 0.15) is 0 Å². The lowest BCUT2D eigenvalue weighted by Gasteiger charge is -2.46. The SMILES string of the molecule is CC=C(C)[SiH2]CC[SiH2]C(N1CCN(C)CC1)N1CCN(C)CC1. The molecule has 0 aromatic carbocycles. The van der Waals surface area contributed by atoms with Gasteiger partial charge in [0.05, 0.1) is 9.52 Å². The first-order valence-corrected chi connectivity index (χ1v) is 13.1. The minimum atomic E-state index is -0.0265. The van der Waals surface area contributed by atoms with Crippen molar-refractivity contribution in [3.8, 4) is 0 Å². The number of piperazine rings is 2. The smallest absolute Gasteiger partial charge is 0.0589 e. The molecule has 4 nitrogen and oxygen atoms in total. The monoisotopic (exact) mass is 354 g/mol. The van der Waals surface area contributed by atoms with Crippen LogP contribution < -0.4 is 0 Å². The van der Waals surface area contributed by atoms with Gasteiger partial charge in [0.15, 0.2) is 0 Å². The molecule has 0 spiro atoms. The maximum atomic E-state index is 2.83. The van der Waals surface area contributed by atoms with Crippen LogP contribution in [0.15, 0.2) is 11.3 Å². The van der Waals surface area contributed by atoms with Crippen molar-refractivity contribution in [2.45, 2.75) is 31.7 Å². The van der Waals surface area contributed by atoms with Gasteiger partial charge in [-0.1, -0.05) is 23.4 Å². The largest absolute Gasteiger partial charge is 0.304 e. The zero-order chi connectivity index (χ0) is 16.7. The minimum Gasteiger partial charge on any atom is -0.304 e. The molecule has 0 N–H and O–H groups in total. The van der Waals surface area contributed by atoms with Crippen LogP contribution in [0.5, 0.6) is 0 Å². The number of hydrogen-bond acceptors (Lipinski definition) is 4. The van der Waals surface area contributed by atoms with Gasteiger partial charge in [-0.25, -0.2) is 0 Å². The molecule has 2 heterocycles. The lowest BCUT2D eigenvalue weighted by molar-refractivity contribution is 0.0312. The Balaban J connectivity index is 1.86. The summed E-state index contributed by atoms with van der Waals surface area (Å²) in [6.45, 7) is 14.7. The average Bonchev–Trinajstić information content (AvgIpc) is 2.57. The van der Waals surface area contributed by atoms with Crippen molar-refractivity contribution in [3.63, 3.8) is 0 Å². The quantitative estimate of drug-likeness (QED) is 0.466. The Morgan fingerprint density at radius 1 is 0.870 bits per heavy atom. The number of hydrogen-bond donors (Lipinski definition) is 0. The van der Waals surface area contributed by atoms with E-state index in [1.54, 1.807) is 17.3 Å². The second-order valence-corrected chi connectivity index (χ2v) is 11.9. The highest BCUT2D eigenvalue weighted by Gasteiger charge is 2.29. The standard InChI is InChI=1S/C17H38N4Si2/c1-5-16(2)22-14-15-23-17(20-10-6-18(3)7-11-20)21-12-8-19(4)9-13-21/h5,17H,6-15,22-23H2,1-4H3. The third-order valence-corrected chi connectivity index (χ3v) is 11.2. The molecule has 0 saturated carbocycles. The molecule has 0 atom stereocenters. The van der Waals surface area contributed by atoms with Gasteiger partial charge in [-0.05, 0) is 27.9 Å². The van der Waals surface area contributed by atoms with Gasteiger partial charge in [-0.3, -0.25) is 9.80 Å². The fourth-order valence-corrected chi connectivity index (χ4v) is 8.54. The van der Waals surface area contributed by atoms with Crippen molar-refractivity contribution in [1.29, 1.82) is 0 Å². The van der Waals surface area contributed by atoms with Gasteiger partial charge >= 0.3 is 0 Å². The predicted molar refractivity (Wildman–Crippen MR) is 108 cm³/mol. The molecular weight excluding hydrogens is 316 g/mol. The molecule has 6 heteroatoms. The molecule has 2 rings (SSSR count). The van der Waals surface area contributed by atoms with Crippen molar-refractivity contribution >= 4 is 19.0 Å². The summed E-state index contributed by atoms with van der Waals surface area (Å²) in [6, 6.07) is 3.10. The normalized spacial score (nSPS) is 24.8. The van der Waals surface area contributed by atoms with E-state index in [9.17, 15) is 0 Å². The molecule has 0 radical (unpaired) electrons. The fourth-order valence-electron chi connectivity index (χ4n) is 3.71. The highest BCUT2D eigenvalue weighted by atomic mass is 28.2. The minimum absolute atomic E-state index is 0.0265. The van der Waals surface area contributed by atoms with Crippen molar-refractivity contribution in [3.05, 3.63) is 11.3 Å². The Labute approximate surface area is 148 Å². The summed E-state index contributed by atoms with van der Waals surface area (Å²) in [5.74, 6) is 0.831. The van der Waals surface area contributed by atoms with Crippen molar-refractivity contribution in [2.75, 3.05) is 66.5 Å². The van der Waals surface area contributed by atoms with Gasteiger partial charge in [0, 0.05) is 67.7 Å². The van der Waals surface area contributed by atoms with E-state index >= 15 is 0 Å². The van der Waals surface area contributed by atoms with Crippen LogP contribution in [0.2, 0.25) is 12.1 Å². The number of allylic oxidation sites excluding steroid dienone is 2. The van der Waals surface area contributed by atoms with E-state index in [2.05, 4.69) is 53.6 Å². The van der Waals surface area contributed by atoms with Gasteiger partial charge in [0.25, 0.3) is 0 Å². The van der Waals surface area contributed by atoms with E-state index in [-0.39, 0.29) is 19.0 Å². The maximum Gasteiger partial charge on any atom is 0.0589 e. The van der Waals surface area contributed by atoms with E-state index in [0.717, 1.165) is 5.79 Å². The van der Waals surface area contributed by atoms with Crippen molar-refractivity contribution in [2.24, 2.45) is 0 Å². The summed E-state index contributed by atoms with van der Waals surface area (Å²) in [5, 5.41) is 1.70. The number of likely N-dealkylation sites (N-methyl/N-ethyl adjacent to an activating group) is 2. The topological polar surface area (TPSA) is 13.0 Å². The van der Waals surface area contributed by atoms with E-state index in [0.29, 0.717) is 0 Å². The lowest BCUT2D eigenvalue weighted by atomic mass is 10.3. The van der Waals surface area contributed by atoms with Gasteiger partial charge < -0.3 is 9.80 Å². The second kappa shape index (κ2) is 10.1. The van der Waals surface area contributed by atoms with E-state index in [1.807, 2.05) is 0 Å².